The van der Waals surface area contributed by atoms with Gasteiger partial charge in [-0.2, -0.15) is 0 Å². The largest absolute Gasteiger partial charge is 0.497 e. The summed E-state index contributed by atoms with van der Waals surface area (Å²) in [5, 5.41) is 5.16. The number of para-hydroxylation sites is 1. The van der Waals surface area contributed by atoms with Gasteiger partial charge in [0.1, 0.15) is 5.75 Å². The molecule has 2 heterocycles. The number of aromatic nitrogens is 2. The molecule has 0 aliphatic rings. The van der Waals surface area contributed by atoms with Crippen LogP contribution in [0, 0.1) is 0 Å². The monoisotopic (exact) mass is 421 g/mol. The van der Waals surface area contributed by atoms with Gasteiger partial charge >= 0.3 is 0 Å². The molecule has 0 aliphatic carbocycles. The van der Waals surface area contributed by atoms with E-state index in [0.29, 0.717) is 12.1 Å². The van der Waals surface area contributed by atoms with Crippen LogP contribution in [0.2, 0.25) is 0 Å². The van der Waals surface area contributed by atoms with Gasteiger partial charge < -0.3 is 15.0 Å². The van der Waals surface area contributed by atoms with Crippen molar-refractivity contribution in [2.24, 2.45) is 0 Å². The maximum absolute atomic E-state index is 13.2. The third-order valence-corrected chi connectivity index (χ3v) is 5.87. The van der Waals surface area contributed by atoms with E-state index in [0.717, 1.165) is 38.7 Å². The van der Waals surface area contributed by atoms with E-state index in [2.05, 4.69) is 39.6 Å². The second kappa shape index (κ2) is 8.55. The number of hydrogen-bond acceptors (Lipinski definition) is 3. The van der Waals surface area contributed by atoms with Crippen molar-refractivity contribution in [2.75, 3.05) is 13.7 Å². The second-order valence-electron chi connectivity index (χ2n) is 7.70. The number of carbonyl (C=O) groups excluding carboxylic acids is 1. The number of rotatable bonds is 6. The maximum Gasteiger partial charge on any atom is 0.251 e. The summed E-state index contributed by atoms with van der Waals surface area (Å²) in [7, 11) is 1.66. The van der Waals surface area contributed by atoms with E-state index < -0.39 is 0 Å². The predicted molar refractivity (Wildman–Crippen MR) is 127 cm³/mol. The number of benzene rings is 3. The van der Waals surface area contributed by atoms with Crippen LogP contribution < -0.4 is 10.1 Å². The van der Waals surface area contributed by atoms with Crippen molar-refractivity contribution in [2.45, 2.75) is 5.92 Å². The number of pyridine rings is 1. The molecule has 0 aliphatic heterocycles. The molecule has 5 nitrogen and oxygen atoms in total. The van der Waals surface area contributed by atoms with Crippen molar-refractivity contribution >= 4 is 27.7 Å². The van der Waals surface area contributed by atoms with Gasteiger partial charge in [-0.15, -0.1) is 0 Å². The van der Waals surface area contributed by atoms with E-state index in [1.807, 2.05) is 60.8 Å². The highest BCUT2D eigenvalue weighted by Gasteiger charge is 2.20. The maximum atomic E-state index is 13.2. The third kappa shape index (κ3) is 3.69. The fraction of sp³-hybridized carbons (Fsp3) is 0.111. The topological polar surface area (TPSA) is 67.0 Å². The molecule has 1 unspecified atom stereocenters. The van der Waals surface area contributed by atoms with Crippen molar-refractivity contribution in [1.82, 2.24) is 15.3 Å². The Hall–Kier alpha value is -4.12. The van der Waals surface area contributed by atoms with E-state index >= 15 is 0 Å². The Bertz CT molecular complexity index is 1380. The van der Waals surface area contributed by atoms with E-state index in [9.17, 15) is 4.79 Å². The average Bonchev–Trinajstić information content (AvgIpc) is 3.28. The summed E-state index contributed by atoms with van der Waals surface area (Å²) in [6, 6.07) is 25.6. The van der Waals surface area contributed by atoms with Gasteiger partial charge in [-0.3, -0.25) is 9.78 Å². The van der Waals surface area contributed by atoms with Crippen LogP contribution in [0.5, 0.6) is 5.75 Å². The first-order valence-corrected chi connectivity index (χ1v) is 10.6. The Morgan fingerprint density at radius 1 is 0.969 bits per heavy atom. The summed E-state index contributed by atoms with van der Waals surface area (Å²) >= 11 is 0. The highest BCUT2D eigenvalue weighted by Crippen LogP contribution is 2.31. The standard InChI is InChI=1S/C27H23N3O2/c1-32-19-13-11-18(12-14-19)23(24-17-29-26-9-3-2-6-21(24)26)16-30-27(31)22-7-4-10-25-20(22)8-5-15-28-25/h2-15,17,23,29H,16H2,1H3,(H,30,31). The number of ether oxygens (including phenoxy) is 1. The highest BCUT2D eigenvalue weighted by molar-refractivity contribution is 6.06. The van der Waals surface area contributed by atoms with Crippen LogP contribution in [0.25, 0.3) is 21.8 Å². The van der Waals surface area contributed by atoms with Gasteiger partial charge in [0, 0.05) is 46.7 Å². The minimum atomic E-state index is -0.109. The van der Waals surface area contributed by atoms with Crippen molar-refractivity contribution < 1.29 is 9.53 Å². The van der Waals surface area contributed by atoms with E-state index in [1.54, 1.807) is 13.3 Å². The first kappa shape index (κ1) is 19.8. The molecular formula is C27H23N3O2. The molecule has 5 aromatic rings. The van der Waals surface area contributed by atoms with Crippen LogP contribution in [0.4, 0.5) is 0 Å². The smallest absolute Gasteiger partial charge is 0.251 e. The van der Waals surface area contributed by atoms with Crippen LogP contribution in [-0.2, 0) is 0 Å². The highest BCUT2D eigenvalue weighted by atomic mass is 16.5. The molecule has 0 saturated heterocycles. The average molecular weight is 422 g/mol. The van der Waals surface area contributed by atoms with Crippen molar-refractivity contribution in [3.63, 3.8) is 0 Å². The Balaban J connectivity index is 1.48. The van der Waals surface area contributed by atoms with Crippen LogP contribution in [0.3, 0.4) is 0 Å². The first-order valence-electron chi connectivity index (χ1n) is 10.6. The van der Waals surface area contributed by atoms with Crippen molar-refractivity contribution in [3.05, 3.63) is 108 Å². The first-order chi connectivity index (χ1) is 15.7. The molecule has 0 radical (unpaired) electrons. The molecule has 5 rings (SSSR count). The zero-order valence-electron chi connectivity index (χ0n) is 17.7. The number of H-pyrrole nitrogens is 1. The molecule has 3 aromatic carbocycles. The number of fused-ring (bicyclic) bond motifs is 2. The van der Waals surface area contributed by atoms with Gasteiger partial charge in [0.15, 0.2) is 0 Å². The number of hydrogen-bond donors (Lipinski definition) is 2. The van der Waals surface area contributed by atoms with Gasteiger partial charge in [0.05, 0.1) is 12.6 Å². The van der Waals surface area contributed by atoms with E-state index in [1.165, 1.54) is 0 Å². The molecule has 1 atom stereocenters. The summed E-state index contributed by atoms with van der Waals surface area (Å²) in [5.74, 6) is 0.676. The lowest BCUT2D eigenvalue weighted by molar-refractivity contribution is 0.0954. The molecule has 0 bridgehead atoms. The lowest BCUT2D eigenvalue weighted by Crippen LogP contribution is -2.29. The van der Waals surface area contributed by atoms with E-state index in [-0.39, 0.29) is 11.8 Å². The van der Waals surface area contributed by atoms with Gasteiger partial charge in [0.2, 0.25) is 0 Å². The normalized spacial score (nSPS) is 12.0. The summed E-state index contributed by atoms with van der Waals surface area (Å²) in [4.78, 5) is 20.9. The van der Waals surface area contributed by atoms with E-state index in [4.69, 9.17) is 4.74 Å². The molecule has 0 fully saturated rings. The third-order valence-electron chi connectivity index (χ3n) is 5.87. The summed E-state index contributed by atoms with van der Waals surface area (Å²) in [6.07, 6.45) is 3.77. The zero-order valence-corrected chi connectivity index (χ0v) is 17.7. The van der Waals surface area contributed by atoms with Gasteiger partial charge in [-0.05, 0) is 47.5 Å². The number of amides is 1. The van der Waals surface area contributed by atoms with Crippen LogP contribution >= 0.6 is 0 Å². The minimum absolute atomic E-state index is 0.0193. The summed E-state index contributed by atoms with van der Waals surface area (Å²) < 4.78 is 5.32. The van der Waals surface area contributed by atoms with Gasteiger partial charge in [0.25, 0.3) is 5.91 Å². The lowest BCUT2D eigenvalue weighted by Gasteiger charge is -2.19. The van der Waals surface area contributed by atoms with Crippen LogP contribution in [-0.4, -0.2) is 29.5 Å². The van der Waals surface area contributed by atoms with Gasteiger partial charge in [-0.1, -0.05) is 42.5 Å². The second-order valence-corrected chi connectivity index (χ2v) is 7.70. The quantitative estimate of drug-likeness (QED) is 0.392. The zero-order chi connectivity index (χ0) is 21.9. The minimum Gasteiger partial charge on any atom is -0.497 e. The SMILES string of the molecule is COc1ccc(C(CNC(=O)c2cccc3ncccc23)c2c[nH]c3ccccc23)cc1. The Morgan fingerprint density at radius 2 is 1.78 bits per heavy atom. The summed E-state index contributed by atoms with van der Waals surface area (Å²) in [6.45, 7) is 0.462. The Kier molecular flexibility index (Phi) is 5.30. The fourth-order valence-corrected chi connectivity index (χ4v) is 4.22. The van der Waals surface area contributed by atoms with Crippen LogP contribution in [0.1, 0.15) is 27.4 Å². The van der Waals surface area contributed by atoms with Crippen molar-refractivity contribution in [3.8, 4) is 5.75 Å². The number of aromatic amines is 1. The molecule has 1 amide bonds. The lowest BCUT2D eigenvalue weighted by atomic mass is 9.90. The molecule has 32 heavy (non-hydrogen) atoms. The summed E-state index contributed by atoms with van der Waals surface area (Å²) in [5.41, 5.74) is 4.76. The molecule has 2 aromatic heterocycles. The number of carbonyl (C=O) groups is 1. The molecule has 5 heteroatoms. The van der Waals surface area contributed by atoms with Crippen LogP contribution in [0.15, 0.2) is 91.3 Å². The molecule has 2 N–H and O–H groups in total. The van der Waals surface area contributed by atoms with Gasteiger partial charge in [-0.25, -0.2) is 0 Å². The Labute approximate surface area is 186 Å². The molecule has 158 valence electrons. The molecule has 0 spiro atoms. The van der Waals surface area contributed by atoms with Crippen molar-refractivity contribution in [1.29, 1.82) is 0 Å². The number of nitrogens with zero attached hydrogens (tertiary/aromatic N) is 1. The number of methoxy groups -OCH3 is 1. The number of nitrogens with one attached hydrogen (secondary N) is 2. The molecular weight excluding hydrogens is 398 g/mol. The Morgan fingerprint density at radius 3 is 2.62 bits per heavy atom. The molecule has 0 saturated carbocycles. The predicted octanol–water partition coefficient (Wildman–Crippen LogP) is 5.29. The fourth-order valence-electron chi connectivity index (χ4n) is 4.22.